The number of carbonyl (C=O) groups is 1. The molecule has 1 N–H and O–H groups in total. The third-order valence-electron chi connectivity index (χ3n) is 12.5. The van der Waals surface area contributed by atoms with Crippen LogP contribution in [0.2, 0.25) is 0 Å². The number of fused-ring (bicyclic) bond motifs is 7. The van der Waals surface area contributed by atoms with Crippen molar-refractivity contribution in [2.24, 2.45) is 39.4 Å². The molecule has 2 unspecified atom stereocenters. The molecule has 0 saturated heterocycles. The number of ketones is 1. The predicted molar refractivity (Wildman–Crippen MR) is 144 cm³/mol. The Morgan fingerprint density at radius 3 is 2.45 bits per heavy atom. The van der Waals surface area contributed by atoms with Gasteiger partial charge in [-0.25, -0.2) is 0 Å². The molecule has 6 heteroatoms. The second-order valence-electron chi connectivity index (χ2n) is 15.2. The summed E-state index contributed by atoms with van der Waals surface area (Å²) in [4.78, 5) is 19.3. The molecule has 204 valence electrons. The van der Waals surface area contributed by atoms with E-state index in [2.05, 4.69) is 51.9 Å². The molecule has 5 aliphatic rings. The summed E-state index contributed by atoms with van der Waals surface area (Å²) in [6.07, 6.45) is 11.1. The van der Waals surface area contributed by atoms with Crippen LogP contribution in [0, 0.1) is 57.7 Å². The summed E-state index contributed by atoms with van der Waals surface area (Å²) in [7, 11) is 0. The van der Waals surface area contributed by atoms with E-state index in [1.54, 1.807) is 0 Å². The lowest BCUT2D eigenvalue weighted by atomic mass is 9.34. The second kappa shape index (κ2) is 7.68. The van der Waals surface area contributed by atoms with Crippen LogP contribution in [0.4, 0.5) is 0 Å². The highest BCUT2D eigenvalue weighted by Crippen LogP contribution is 2.74. The van der Waals surface area contributed by atoms with E-state index in [0.29, 0.717) is 17.8 Å². The maximum absolute atomic E-state index is 14.5. The van der Waals surface area contributed by atoms with E-state index < -0.39 is 11.0 Å². The molecule has 0 spiro atoms. The molecule has 8 atom stereocenters. The number of nitriles is 1. The quantitative estimate of drug-likeness (QED) is 0.463. The van der Waals surface area contributed by atoms with Gasteiger partial charge in [-0.3, -0.25) is 4.79 Å². The fourth-order valence-electron chi connectivity index (χ4n) is 10.4. The van der Waals surface area contributed by atoms with Crippen LogP contribution in [0.5, 0.6) is 0 Å². The van der Waals surface area contributed by atoms with Crippen LogP contribution in [0.1, 0.15) is 105 Å². The number of carbonyl (C=O) groups excluding carboxylic acids is 1. The monoisotopic (exact) mass is 517 g/mol. The SMILES string of the molecule is Cc1noc([C@]23CCC(C)(C)CC2C2C(=O)C=C4[C@@]5(C)C=C(C#N)C[C@@](C)(O)[C@@H]5CC[C@@]4(C)[C@]2(C)CC3)n1. The van der Waals surface area contributed by atoms with E-state index in [0.717, 1.165) is 56.4 Å². The predicted octanol–water partition coefficient (Wildman–Crippen LogP) is 6.39. The second-order valence-corrected chi connectivity index (χ2v) is 15.2. The summed E-state index contributed by atoms with van der Waals surface area (Å²) in [6, 6.07) is 2.34. The smallest absolute Gasteiger partial charge is 0.233 e. The van der Waals surface area contributed by atoms with E-state index >= 15 is 0 Å². The molecule has 6 rings (SSSR count). The molecule has 38 heavy (non-hydrogen) atoms. The van der Waals surface area contributed by atoms with Crippen molar-refractivity contribution in [3.05, 3.63) is 35.0 Å². The lowest BCUT2D eigenvalue weighted by Crippen LogP contribution is -2.65. The fourth-order valence-corrected chi connectivity index (χ4v) is 10.4. The van der Waals surface area contributed by atoms with Crippen molar-refractivity contribution in [1.29, 1.82) is 5.26 Å². The molecular weight excluding hydrogens is 474 g/mol. The van der Waals surface area contributed by atoms with Crippen molar-refractivity contribution in [2.45, 2.75) is 111 Å². The first-order valence-electron chi connectivity index (χ1n) is 14.5. The van der Waals surface area contributed by atoms with Gasteiger partial charge in [-0.2, -0.15) is 10.2 Å². The van der Waals surface area contributed by atoms with E-state index in [-0.39, 0.29) is 45.2 Å². The highest BCUT2D eigenvalue weighted by Gasteiger charge is 2.70. The van der Waals surface area contributed by atoms with Crippen LogP contribution in [0.25, 0.3) is 0 Å². The van der Waals surface area contributed by atoms with Gasteiger partial charge in [0.25, 0.3) is 0 Å². The normalized spacial score (nSPS) is 47.4. The maximum atomic E-state index is 14.5. The highest BCUT2D eigenvalue weighted by molar-refractivity contribution is 5.95. The molecule has 0 amide bonds. The highest BCUT2D eigenvalue weighted by atomic mass is 16.5. The number of aromatic nitrogens is 2. The minimum absolute atomic E-state index is 0.0166. The van der Waals surface area contributed by atoms with Crippen molar-refractivity contribution in [1.82, 2.24) is 10.1 Å². The summed E-state index contributed by atoms with van der Waals surface area (Å²) in [6.45, 7) is 15.3. The van der Waals surface area contributed by atoms with Crippen molar-refractivity contribution in [3.8, 4) is 6.07 Å². The van der Waals surface area contributed by atoms with E-state index in [4.69, 9.17) is 9.51 Å². The molecule has 3 fully saturated rings. The van der Waals surface area contributed by atoms with Crippen molar-refractivity contribution >= 4 is 5.78 Å². The number of nitrogens with zero attached hydrogens (tertiary/aromatic N) is 3. The Balaban J connectivity index is 1.53. The van der Waals surface area contributed by atoms with Crippen molar-refractivity contribution in [3.63, 3.8) is 0 Å². The average Bonchev–Trinajstić information content (AvgIpc) is 3.26. The molecular formula is C32H43N3O3. The third-order valence-corrected chi connectivity index (χ3v) is 12.5. The molecule has 3 saturated carbocycles. The van der Waals surface area contributed by atoms with E-state index in [1.165, 1.54) is 0 Å². The molecule has 0 aromatic carbocycles. The Hall–Kier alpha value is -2.26. The summed E-state index contributed by atoms with van der Waals surface area (Å²) < 4.78 is 5.89. The zero-order valence-corrected chi connectivity index (χ0v) is 24.1. The minimum Gasteiger partial charge on any atom is -0.389 e. The summed E-state index contributed by atoms with van der Waals surface area (Å²) in [5.41, 5.74) is -0.292. The zero-order valence-electron chi connectivity index (χ0n) is 24.1. The van der Waals surface area contributed by atoms with Crippen LogP contribution < -0.4 is 0 Å². The number of aliphatic hydroxyl groups is 1. The van der Waals surface area contributed by atoms with Crippen LogP contribution in [0.3, 0.4) is 0 Å². The van der Waals surface area contributed by atoms with Gasteiger partial charge >= 0.3 is 0 Å². The Morgan fingerprint density at radius 2 is 1.79 bits per heavy atom. The number of rotatable bonds is 1. The fraction of sp³-hybridized carbons (Fsp3) is 0.750. The molecule has 1 aromatic rings. The molecule has 6 nitrogen and oxygen atoms in total. The Morgan fingerprint density at radius 1 is 1.08 bits per heavy atom. The van der Waals surface area contributed by atoms with E-state index in [9.17, 15) is 15.2 Å². The number of hydrogen-bond donors (Lipinski definition) is 1. The first kappa shape index (κ1) is 26.0. The van der Waals surface area contributed by atoms with Crippen LogP contribution in [-0.2, 0) is 10.2 Å². The van der Waals surface area contributed by atoms with Gasteiger partial charge < -0.3 is 9.63 Å². The maximum Gasteiger partial charge on any atom is 0.233 e. The Bertz CT molecular complexity index is 1310. The molecule has 0 aliphatic heterocycles. The largest absolute Gasteiger partial charge is 0.389 e. The molecule has 0 radical (unpaired) electrons. The zero-order chi connectivity index (χ0) is 27.5. The van der Waals surface area contributed by atoms with Gasteiger partial charge in [0, 0.05) is 29.2 Å². The number of aryl methyl sites for hydroxylation is 1. The van der Waals surface area contributed by atoms with Crippen LogP contribution >= 0.6 is 0 Å². The first-order chi connectivity index (χ1) is 17.6. The topological polar surface area (TPSA) is 100 Å². The molecule has 1 aromatic heterocycles. The van der Waals surface area contributed by atoms with Crippen molar-refractivity contribution in [2.75, 3.05) is 0 Å². The van der Waals surface area contributed by atoms with Gasteiger partial charge in [0.1, 0.15) is 0 Å². The van der Waals surface area contributed by atoms with Gasteiger partial charge in [-0.1, -0.05) is 51.4 Å². The van der Waals surface area contributed by atoms with Gasteiger partial charge in [-0.15, -0.1) is 0 Å². The van der Waals surface area contributed by atoms with Gasteiger partial charge in [0.2, 0.25) is 5.89 Å². The van der Waals surface area contributed by atoms with Gasteiger partial charge in [0.05, 0.1) is 17.1 Å². The lowest BCUT2D eigenvalue weighted by Gasteiger charge is -2.68. The van der Waals surface area contributed by atoms with Gasteiger partial charge in [0.15, 0.2) is 11.6 Å². The summed E-state index contributed by atoms with van der Waals surface area (Å²) in [5.74, 6) is 1.59. The molecule has 0 bridgehead atoms. The number of allylic oxidation sites excluding steroid dienone is 3. The third kappa shape index (κ3) is 3.17. The Labute approximate surface area is 227 Å². The Kier molecular flexibility index (Phi) is 5.26. The van der Waals surface area contributed by atoms with Gasteiger partial charge in [-0.05, 0) is 87.0 Å². The van der Waals surface area contributed by atoms with Crippen LogP contribution in [-0.4, -0.2) is 26.6 Å². The van der Waals surface area contributed by atoms with Crippen molar-refractivity contribution < 1.29 is 14.4 Å². The number of hydrogen-bond acceptors (Lipinski definition) is 6. The molecule has 1 heterocycles. The standard InChI is InChI=1S/C32H43N3O3/c1-19-34-26(38-35-19)32-12-10-27(2,3)17-21(32)25-22(36)14-24-28(4)15-20(18-33)16-31(7,37)23(28)8-9-29(24,5)30(25,6)11-13-32/h14-15,21,23,25,37H,8-13,16-17H2,1-7H3/t21?,23-,25?,28+,29-,30-,31-,32+/m1/s1. The summed E-state index contributed by atoms with van der Waals surface area (Å²) >= 11 is 0. The minimum atomic E-state index is -0.970. The molecule has 5 aliphatic carbocycles. The van der Waals surface area contributed by atoms with E-state index in [1.807, 2.05) is 19.9 Å². The average molecular weight is 518 g/mol. The first-order valence-corrected chi connectivity index (χ1v) is 14.5. The lowest BCUT2D eigenvalue weighted by molar-refractivity contribution is -0.164. The summed E-state index contributed by atoms with van der Waals surface area (Å²) in [5, 5.41) is 25.6. The van der Waals surface area contributed by atoms with Crippen LogP contribution in [0.15, 0.2) is 27.8 Å².